The van der Waals surface area contributed by atoms with Crippen LogP contribution in [-0.2, 0) is 9.59 Å². The second-order valence-corrected chi connectivity index (χ2v) is 7.57. The standard InChI is InChI=1S/C22H23N3O3S/c1-14-4-5-15(2)20(12-14)28-11-10-21(27)25-22-24-19(13-29-22)17-6-8-18(9-7-17)23-16(3)26/h4-9,12-13H,10-11H2,1-3H3,(H,23,26)(H,24,25,27). The Hall–Kier alpha value is -3.19. The number of carbonyl (C=O) groups is 2. The van der Waals surface area contributed by atoms with E-state index >= 15 is 0 Å². The number of hydrogen-bond acceptors (Lipinski definition) is 5. The molecular weight excluding hydrogens is 386 g/mol. The summed E-state index contributed by atoms with van der Waals surface area (Å²) in [5.41, 5.74) is 4.58. The van der Waals surface area contributed by atoms with E-state index in [2.05, 4.69) is 15.6 Å². The fraction of sp³-hybridized carbons (Fsp3) is 0.227. The maximum Gasteiger partial charge on any atom is 0.229 e. The minimum Gasteiger partial charge on any atom is -0.493 e. The fourth-order valence-corrected chi connectivity index (χ4v) is 3.43. The summed E-state index contributed by atoms with van der Waals surface area (Å²) in [6.07, 6.45) is 0.244. The highest BCUT2D eigenvalue weighted by Gasteiger charge is 2.09. The van der Waals surface area contributed by atoms with Crippen molar-refractivity contribution >= 4 is 34.0 Å². The van der Waals surface area contributed by atoms with Crippen LogP contribution in [0.5, 0.6) is 5.75 Å². The van der Waals surface area contributed by atoms with Gasteiger partial charge in [-0.2, -0.15) is 0 Å². The molecule has 0 aliphatic heterocycles. The molecule has 0 spiro atoms. The topological polar surface area (TPSA) is 80.3 Å². The van der Waals surface area contributed by atoms with Crippen molar-refractivity contribution in [3.05, 3.63) is 59.0 Å². The van der Waals surface area contributed by atoms with Crippen molar-refractivity contribution < 1.29 is 14.3 Å². The molecule has 1 heterocycles. The molecule has 0 bridgehead atoms. The summed E-state index contributed by atoms with van der Waals surface area (Å²) in [6, 6.07) is 13.4. The first kappa shape index (κ1) is 20.5. The summed E-state index contributed by atoms with van der Waals surface area (Å²) >= 11 is 1.37. The first-order chi connectivity index (χ1) is 13.9. The fourth-order valence-electron chi connectivity index (χ4n) is 2.69. The molecule has 1 aromatic heterocycles. The van der Waals surface area contributed by atoms with Gasteiger partial charge in [0.15, 0.2) is 5.13 Å². The zero-order chi connectivity index (χ0) is 20.8. The molecule has 2 amide bonds. The zero-order valence-corrected chi connectivity index (χ0v) is 17.4. The molecule has 7 heteroatoms. The number of nitrogens with zero attached hydrogens (tertiary/aromatic N) is 1. The maximum atomic E-state index is 12.2. The lowest BCUT2D eigenvalue weighted by Crippen LogP contribution is -2.15. The van der Waals surface area contributed by atoms with Crippen LogP contribution >= 0.6 is 11.3 Å². The highest BCUT2D eigenvalue weighted by atomic mass is 32.1. The number of thiazole rings is 1. The van der Waals surface area contributed by atoms with E-state index < -0.39 is 0 Å². The van der Waals surface area contributed by atoms with E-state index in [9.17, 15) is 9.59 Å². The maximum absolute atomic E-state index is 12.2. The monoisotopic (exact) mass is 409 g/mol. The number of aromatic nitrogens is 1. The van der Waals surface area contributed by atoms with Crippen molar-refractivity contribution in [2.45, 2.75) is 27.2 Å². The third-order valence-electron chi connectivity index (χ3n) is 4.18. The summed E-state index contributed by atoms with van der Waals surface area (Å²) in [7, 11) is 0. The third-order valence-corrected chi connectivity index (χ3v) is 4.94. The van der Waals surface area contributed by atoms with Crippen molar-refractivity contribution in [2.75, 3.05) is 17.2 Å². The summed E-state index contributed by atoms with van der Waals surface area (Å²) < 4.78 is 5.73. The van der Waals surface area contributed by atoms with Crippen molar-refractivity contribution in [3.8, 4) is 17.0 Å². The Bertz CT molecular complexity index is 1010. The van der Waals surface area contributed by atoms with E-state index in [0.717, 1.165) is 33.8 Å². The van der Waals surface area contributed by atoms with Crippen LogP contribution < -0.4 is 15.4 Å². The molecule has 0 aliphatic rings. The second kappa shape index (κ2) is 9.34. The number of carbonyl (C=O) groups excluding carboxylic acids is 2. The summed E-state index contributed by atoms with van der Waals surface area (Å²) in [5, 5.41) is 7.97. The quantitative estimate of drug-likeness (QED) is 0.588. The van der Waals surface area contributed by atoms with Crippen LogP contribution in [0.15, 0.2) is 47.8 Å². The number of hydrogen-bond donors (Lipinski definition) is 2. The molecule has 2 aromatic carbocycles. The van der Waals surface area contributed by atoms with Crippen LogP contribution in [0.25, 0.3) is 11.3 Å². The number of ether oxygens (including phenoxy) is 1. The average Bonchev–Trinajstić information content (AvgIpc) is 3.13. The van der Waals surface area contributed by atoms with Gasteiger partial charge in [-0.3, -0.25) is 9.59 Å². The smallest absolute Gasteiger partial charge is 0.229 e. The molecular formula is C22H23N3O3S. The van der Waals surface area contributed by atoms with Crippen LogP contribution in [0, 0.1) is 13.8 Å². The van der Waals surface area contributed by atoms with Gasteiger partial charge in [0.2, 0.25) is 11.8 Å². The Kier molecular flexibility index (Phi) is 6.61. The van der Waals surface area contributed by atoms with E-state index in [0.29, 0.717) is 11.7 Å². The lowest BCUT2D eigenvalue weighted by atomic mass is 10.1. The predicted octanol–water partition coefficient (Wildman–Crippen LogP) is 4.79. The number of rotatable bonds is 7. The molecule has 0 atom stereocenters. The van der Waals surface area contributed by atoms with Crippen LogP contribution in [0.3, 0.4) is 0 Å². The first-order valence-electron chi connectivity index (χ1n) is 9.24. The van der Waals surface area contributed by atoms with Crippen LogP contribution in [0.4, 0.5) is 10.8 Å². The molecule has 0 saturated heterocycles. The van der Waals surface area contributed by atoms with E-state index in [1.165, 1.54) is 18.3 Å². The average molecular weight is 410 g/mol. The van der Waals surface area contributed by atoms with Crippen LogP contribution in [0.1, 0.15) is 24.5 Å². The van der Waals surface area contributed by atoms with E-state index in [1.807, 2.05) is 61.7 Å². The van der Waals surface area contributed by atoms with Crippen molar-refractivity contribution in [1.82, 2.24) is 4.98 Å². The largest absolute Gasteiger partial charge is 0.493 e. The molecule has 0 fully saturated rings. The third kappa shape index (κ3) is 5.89. The molecule has 0 unspecified atom stereocenters. The molecule has 29 heavy (non-hydrogen) atoms. The zero-order valence-electron chi connectivity index (χ0n) is 16.6. The van der Waals surface area contributed by atoms with Gasteiger partial charge in [-0.05, 0) is 43.2 Å². The second-order valence-electron chi connectivity index (χ2n) is 6.71. The SMILES string of the molecule is CC(=O)Nc1ccc(-c2csc(NC(=O)CCOc3cc(C)ccc3C)n2)cc1. The van der Waals surface area contributed by atoms with Gasteiger partial charge in [0.1, 0.15) is 5.75 Å². The Morgan fingerprint density at radius 1 is 1.07 bits per heavy atom. The minimum atomic E-state index is -0.141. The molecule has 3 aromatic rings. The summed E-state index contributed by atoms with van der Waals surface area (Å²) in [4.78, 5) is 27.7. The highest BCUT2D eigenvalue weighted by Crippen LogP contribution is 2.26. The van der Waals surface area contributed by atoms with E-state index in [1.54, 1.807) is 0 Å². The van der Waals surface area contributed by atoms with Crippen molar-refractivity contribution in [3.63, 3.8) is 0 Å². The predicted molar refractivity (Wildman–Crippen MR) is 117 cm³/mol. The Balaban J connectivity index is 1.52. The molecule has 3 rings (SSSR count). The van der Waals surface area contributed by atoms with Gasteiger partial charge in [-0.1, -0.05) is 24.3 Å². The minimum absolute atomic E-state index is 0.113. The molecule has 0 saturated carbocycles. The molecule has 0 radical (unpaired) electrons. The molecule has 6 nitrogen and oxygen atoms in total. The van der Waals surface area contributed by atoms with E-state index in [4.69, 9.17) is 4.74 Å². The van der Waals surface area contributed by atoms with Gasteiger partial charge in [-0.15, -0.1) is 11.3 Å². The van der Waals surface area contributed by atoms with Gasteiger partial charge in [-0.25, -0.2) is 4.98 Å². The van der Waals surface area contributed by atoms with Gasteiger partial charge >= 0.3 is 0 Å². The number of aryl methyl sites for hydroxylation is 2. The first-order valence-corrected chi connectivity index (χ1v) is 10.1. The van der Waals surface area contributed by atoms with Crippen molar-refractivity contribution in [2.24, 2.45) is 0 Å². The van der Waals surface area contributed by atoms with Gasteiger partial charge in [0.25, 0.3) is 0 Å². The number of amides is 2. The number of nitrogens with one attached hydrogen (secondary N) is 2. The van der Waals surface area contributed by atoms with Gasteiger partial charge in [0.05, 0.1) is 18.7 Å². The van der Waals surface area contributed by atoms with Gasteiger partial charge in [0, 0.05) is 23.6 Å². The van der Waals surface area contributed by atoms with Gasteiger partial charge < -0.3 is 15.4 Å². The summed E-state index contributed by atoms with van der Waals surface area (Å²) in [5.74, 6) is 0.548. The Labute approximate surface area is 173 Å². The lowest BCUT2D eigenvalue weighted by Gasteiger charge is -2.09. The number of anilines is 2. The van der Waals surface area contributed by atoms with E-state index in [-0.39, 0.29) is 18.2 Å². The van der Waals surface area contributed by atoms with Crippen molar-refractivity contribution in [1.29, 1.82) is 0 Å². The lowest BCUT2D eigenvalue weighted by molar-refractivity contribution is -0.116. The summed E-state index contributed by atoms with van der Waals surface area (Å²) in [6.45, 7) is 5.76. The molecule has 2 N–H and O–H groups in total. The van der Waals surface area contributed by atoms with Crippen LogP contribution in [-0.4, -0.2) is 23.4 Å². The Morgan fingerprint density at radius 2 is 1.83 bits per heavy atom. The molecule has 150 valence electrons. The Morgan fingerprint density at radius 3 is 2.55 bits per heavy atom. The van der Waals surface area contributed by atoms with Crippen LogP contribution in [0.2, 0.25) is 0 Å². The number of benzene rings is 2. The normalized spacial score (nSPS) is 10.4. The highest BCUT2D eigenvalue weighted by molar-refractivity contribution is 7.14. The molecule has 0 aliphatic carbocycles.